The van der Waals surface area contributed by atoms with E-state index in [0.29, 0.717) is 29.2 Å². The van der Waals surface area contributed by atoms with Crippen LogP contribution in [0.4, 0.5) is 11.4 Å². The van der Waals surface area contributed by atoms with Crippen molar-refractivity contribution in [2.24, 2.45) is 0 Å². The number of ether oxygens (including phenoxy) is 1. The Labute approximate surface area is 204 Å². The van der Waals surface area contributed by atoms with Crippen LogP contribution < -0.4 is 15.0 Å². The van der Waals surface area contributed by atoms with E-state index in [-0.39, 0.29) is 17.6 Å². The Morgan fingerprint density at radius 2 is 1.76 bits per heavy atom. The highest BCUT2D eigenvalue weighted by Crippen LogP contribution is 2.47. The van der Waals surface area contributed by atoms with Crippen molar-refractivity contribution in [1.82, 2.24) is 0 Å². The lowest BCUT2D eigenvalue weighted by Gasteiger charge is -2.34. The highest BCUT2D eigenvalue weighted by Gasteiger charge is 2.40. The Hall–Kier alpha value is -3.57. The van der Waals surface area contributed by atoms with Gasteiger partial charge in [0.15, 0.2) is 5.78 Å². The van der Waals surface area contributed by atoms with E-state index in [1.165, 1.54) is 0 Å². The maximum absolute atomic E-state index is 13.8. The molecule has 2 unspecified atom stereocenters. The zero-order chi connectivity index (χ0) is 23.8. The molecule has 0 saturated heterocycles. The standard InChI is InChI=1S/C28H25ClN2O3/c1-17(32)31-25-9-4-3-8-23(25)30-24-15-20(18-10-12-21(29)13-11-18)16-26(33)27(24)28(31)19-6-5-7-22(14-19)34-2/h3-14,20,28,30H,15-16H2,1-2H3. The molecular formula is C28H25ClN2O3. The fourth-order valence-electron chi connectivity index (χ4n) is 5.04. The van der Waals surface area contributed by atoms with E-state index in [9.17, 15) is 9.59 Å². The summed E-state index contributed by atoms with van der Waals surface area (Å²) in [5.41, 5.74) is 4.93. The monoisotopic (exact) mass is 472 g/mol. The highest BCUT2D eigenvalue weighted by atomic mass is 35.5. The van der Waals surface area contributed by atoms with Crippen LogP contribution in [0.3, 0.4) is 0 Å². The van der Waals surface area contributed by atoms with E-state index in [1.54, 1.807) is 18.9 Å². The topological polar surface area (TPSA) is 58.6 Å². The molecule has 34 heavy (non-hydrogen) atoms. The third kappa shape index (κ3) is 3.97. The fourth-order valence-corrected chi connectivity index (χ4v) is 5.16. The Morgan fingerprint density at radius 3 is 2.50 bits per heavy atom. The average Bonchev–Trinajstić information content (AvgIpc) is 2.99. The molecule has 3 aromatic carbocycles. The van der Waals surface area contributed by atoms with Gasteiger partial charge in [0.1, 0.15) is 5.75 Å². The molecule has 0 saturated carbocycles. The fraction of sp³-hybridized carbons (Fsp3) is 0.214. The largest absolute Gasteiger partial charge is 0.497 e. The van der Waals surface area contributed by atoms with Gasteiger partial charge < -0.3 is 10.1 Å². The number of hydrogen-bond acceptors (Lipinski definition) is 4. The number of hydrogen-bond donors (Lipinski definition) is 1. The highest BCUT2D eigenvalue weighted by molar-refractivity contribution is 6.30. The third-order valence-electron chi connectivity index (χ3n) is 6.58. The predicted octanol–water partition coefficient (Wildman–Crippen LogP) is 6.27. The average molecular weight is 473 g/mol. The molecule has 5 nitrogen and oxygen atoms in total. The summed E-state index contributed by atoms with van der Waals surface area (Å²) < 4.78 is 5.46. The molecule has 5 rings (SSSR count). The van der Waals surface area contributed by atoms with E-state index in [1.807, 2.05) is 72.8 Å². The number of anilines is 2. The summed E-state index contributed by atoms with van der Waals surface area (Å²) in [6.07, 6.45) is 1.02. The molecule has 1 aliphatic carbocycles. The molecule has 6 heteroatoms. The summed E-state index contributed by atoms with van der Waals surface area (Å²) in [5, 5.41) is 4.19. The number of carbonyl (C=O) groups is 2. The number of allylic oxidation sites excluding steroid dienone is 1. The quantitative estimate of drug-likeness (QED) is 0.488. The van der Waals surface area contributed by atoms with Gasteiger partial charge in [0.25, 0.3) is 0 Å². The van der Waals surface area contributed by atoms with Gasteiger partial charge >= 0.3 is 0 Å². The van der Waals surface area contributed by atoms with Crippen molar-refractivity contribution in [3.63, 3.8) is 0 Å². The van der Waals surface area contributed by atoms with E-state index in [4.69, 9.17) is 16.3 Å². The van der Waals surface area contributed by atoms with Gasteiger partial charge in [-0.05, 0) is 59.9 Å². The smallest absolute Gasteiger partial charge is 0.224 e. The van der Waals surface area contributed by atoms with Crippen LogP contribution in [-0.4, -0.2) is 18.8 Å². The van der Waals surface area contributed by atoms with Crippen LogP contribution in [0.25, 0.3) is 0 Å². The SMILES string of the molecule is COc1cccc(C2C3=C(CC(c4ccc(Cl)cc4)CC3=O)Nc3ccccc3N2C(C)=O)c1. The molecule has 0 bridgehead atoms. The van der Waals surface area contributed by atoms with Gasteiger partial charge in [0, 0.05) is 29.6 Å². The van der Waals surface area contributed by atoms with Crippen molar-refractivity contribution in [2.75, 3.05) is 17.3 Å². The number of fused-ring (bicyclic) bond motifs is 1. The van der Waals surface area contributed by atoms with Crippen LogP contribution in [0.1, 0.15) is 42.9 Å². The normalized spacial score (nSPS) is 19.6. The molecule has 0 spiro atoms. The minimum Gasteiger partial charge on any atom is -0.497 e. The first-order valence-electron chi connectivity index (χ1n) is 11.3. The van der Waals surface area contributed by atoms with Gasteiger partial charge in [0.05, 0.1) is 24.5 Å². The number of ketones is 1. The lowest BCUT2D eigenvalue weighted by atomic mass is 9.78. The van der Waals surface area contributed by atoms with Crippen LogP contribution in [0.2, 0.25) is 5.02 Å². The molecule has 2 atom stereocenters. The maximum atomic E-state index is 13.8. The summed E-state index contributed by atoms with van der Waals surface area (Å²) in [4.78, 5) is 28.6. The molecule has 1 N–H and O–H groups in total. The first kappa shape index (κ1) is 22.2. The summed E-state index contributed by atoms with van der Waals surface area (Å²) >= 11 is 6.09. The number of halogens is 1. The van der Waals surface area contributed by atoms with Crippen LogP contribution in [0, 0.1) is 0 Å². The van der Waals surface area contributed by atoms with Gasteiger partial charge in [-0.3, -0.25) is 14.5 Å². The van der Waals surface area contributed by atoms with Gasteiger partial charge in [-0.1, -0.05) is 48.0 Å². The van der Waals surface area contributed by atoms with Crippen molar-refractivity contribution in [1.29, 1.82) is 0 Å². The molecular weight excluding hydrogens is 448 g/mol. The number of para-hydroxylation sites is 2. The number of nitrogens with one attached hydrogen (secondary N) is 1. The number of Topliss-reactive ketones (excluding diaryl/α,β-unsaturated/α-hetero) is 1. The molecule has 1 aliphatic heterocycles. The number of carbonyl (C=O) groups excluding carboxylic acids is 2. The van der Waals surface area contributed by atoms with Crippen molar-refractivity contribution >= 4 is 34.7 Å². The lowest BCUT2D eigenvalue weighted by Crippen LogP contribution is -2.37. The van der Waals surface area contributed by atoms with E-state index in [2.05, 4.69) is 5.32 Å². The number of amides is 1. The third-order valence-corrected chi connectivity index (χ3v) is 6.83. The van der Waals surface area contributed by atoms with Gasteiger partial charge in [-0.15, -0.1) is 0 Å². The molecule has 172 valence electrons. The van der Waals surface area contributed by atoms with Crippen molar-refractivity contribution in [2.45, 2.75) is 31.7 Å². The summed E-state index contributed by atoms with van der Waals surface area (Å²) in [7, 11) is 1.61. The first-order chi connectivity index (χ1) is 16.5. The Balaban J connectivity index is 1.70. The number of benzene rings is 3. The second kappa shape index (κ2) is 8.99. The molecule has 0 radical (unpaired) electrons. The molecule has 1 amide bonds. The van der Waals surface area contributed by atoms with Crippen molar-refractivity contribution in [3.05, 3.63) is 100 Å². The molecule has 2 aliphatic rings. The Morgan fingerprint density at radius 1 is 1.00 bits per heavy atom. The second-order valence-corrected chi connectivity index (χ2v) is 9.12. The molecule has 3 aromatic rings. The minimum atomic E-state index is -0.558. The van der Waals surface area contributed by atoms with E-state index >= 15 is 0 Å². The second-order valence-electron chi connectivity index (χ2n) is 8.68. The summed E-state index contributed by atoms with van der Waals surface area (Å²) in [6.45, 7) is 1.54. The van der Waals surface area contributed by atoms with E-state index in [0.717, 1.165) is 28.2 Å². The zero-order valence-corrected chi connectivity index (χ0v) is 19.8. The van der Waals surface area contributed by atoms with Gasteiger partial charge in [-0.25, -0.2) is 0 Å². The van der Waals surface area contributed by atoms with Crippen LogP contribution in [0.15, 0.2) is 84.1 Å². The number of methoxy groups -OCH3 is 1. The van der Waals surface area contributed by atoms with Gasteiger partial charge in [-0.2, -0.15) is 0 Å². The lowest BCUT2D eigenvalue weighted by molar-refractivity contribution is -0.117. The first-order valence-corrected chi connectivity index (χ1v) is 11.7. The van der Waals surface area contributed by atoms with E-state index < -0.39 is 6.04 Å². The zero-order valence-electron chi connectivity index (χ0n) is 19.0. The maximum Gasteiger partial charge on any atom is 0.224 e. The summed E-state index contributed by atoms with van der Waals surface area (Å²) in [5.74, 6) is 0.595. The van der Waals surface area contributed by atoms with Gasteiger partial charge in [0.2, 0.25) is 5.91 Å². The Kier molecular flexibility index (Phi) is 5.88. The minimum absolute atomic E-state index is 0.0259. The van der Waals surface area contributed by atoms with Crippen LogP contribution in [-0.2, 0) is 9.59 Å². The van der Waals surface area contributed by atoms with Crippen LogP contribution >= 0.6 is 11.6 Å². The summed E-state index contributed by atoms with van der Waals surface area (Å²) in [6, 6.07) is 22.4. The van der Waals surface area contributed by atoms with Crippen molar-refractivity contribution in [3.8, 4) is 5.75 Å². The predicted molar refractivity (Wildman–Crippen MR) is 134 cm³/mol. The van der Waals surface area contributed by atoms with Crippen LogP contribution in [0.5, 0.6) is 5.75 Å². The number of nitrogens with zero attached hydrogens (tertiary/aromatic N) is 1. The molecule has 0 aromatic heterocycles. The molecule has 1 heterocycles. The molecule has 0 fully saturated rings. The van der Waals surface area contributed by atoms with Crippen molar-refractivity contribution < 1.29 is 14.3 Å². The number of rotatable bonds is 3. The Bertz CT molecular complexity index is 1300.